The van der Waals surface area contributed by atoms with E-state index in [-0.39, 0.29) is 23.8 Å². The van der Waals surface area contributed by atoms with E-state index in [0.717, 1.165) is 38.0 Å². The predicted molar refractivity (Wildman–Crippen MR) is 106 cm³/mol. The fourth-order valence-corrected chi connectivity index (χ4v) is 6.51. The first-order chi connectivity index (χ1) is 13.6. The van der Waals surface area contributed by atoms with Crippen molar-refractivity contribution in [1.82, 2.24) is 0 Å². The number of carbonyl (C=O) groups is 1. The normalized spacial score (nSPS) is 42.5. The number of fused-ring (bicyclic) bond motifs is 4. The summed E-state index contributed by atoms with van der Waals surface area (Å²) in [6.45, 7) is 3.09. The van der Waals surface area contributed by atoms with Gasteiger partial charge in [0.25, 0.3) is 0 Å². The van der Waals surface area contributed by atoms with Crippen molar-refractivity contribution in [2.45, 2.75) is 83.5 Å². The highest BCUT2D eigenvalue weighted by Gasteiger charge is 2.46. The summed E-state index contributed by atoms with van der Waals surface area (Å²) in [4.78, 5) is 13.0. The van der Waals surface area contributed by atoms with Crippen LogP contribution in [0.3, 0.4) is 0 Å². The standard InChI is InChI=1S/C24H34O4/c1-16-8-19-6-3-7-24(12-16,13-19)23(25)27-15-21-14-26-22(28-21)20-10-17-4-2-5-18(9-17)11-20/h8,10,16,18,20-22H,2-7,9,11-15H2,1H3. The Kier molecular flexibility index (Phi) is 5.13. The first kappa shape index (κ1) is 18.9. The highest BCUT2D eigenvalue weighted by atomic mass is 16.7. The molecule has 6 atom stereocenters. The molecule has 5 aliphatic rings. The zero-order valence-corrected chi connectivity index (χ0v) is 17.2. The maximum atomic E-state index is 13.0. The maximum absolute atomic E-state index is 13.0. The molecule has 4 aliphatic carbocycles. The second-order valence-corrected chi connectivity index (χ2v) is 10.1. The molecule has 154 valence electrons. The zero-order chi connectivity index (χ0) is 19.1. The van der Waals surface area contributed by atoms with Crippen LogP contribution in [0.2, 0.25) is 0 Å². The van der Waals surface area contributed by atoms with E-state index >= 15 is 0 Å². The number of hydrogen-bond acceptors (Lipinski definition) is 4. The van der Waals surface area contributed by atoms with Crippen LogP contribution in [0.15, 0.2) is 23.3 Å². The van der Waals surface area contributed by atoms with Gasteiger partial charge in [0.2, 0.25) is 0 Å². The molecule has 4 nitrogen and oxygen atoms in total. The van der Waals surface area contributed by atoms with Gasteiger partial charge in [-0.1, -0.05) is 30.2 Å². The summed E-state index contributed by atoms with van der Waals surface area (Å²) in [5.74, 6) is 1.65. The van der Waals surface area contributed by atoms with Gasteiger partial charge in [0.1, 0.15) is 12.7 Å². The van der Waals surface area contributed by atoms with Gasteiger partial charge in [-0.25, -0.2) is 0 Å². The molecule has 6 unspecified atom stereocenters. The van der Waals surface area contributed by atoms with Crippen molar-refractivity contribution in [3.8, 4) is 0 Å². The molecule has 1 heterocycles. The summed E-state index contributed by atoms with van der Waals surface area (Å²) in [5, 5.41) is 0. The van der Waals surface area contributed by atoms with Crippen LogP contribution in [0, 0.1) is 23.2 Å². The molecule has 0 aromatic rings. The van der Waals surface area contributed by atoms with E-state index < -0.39 is 0 Å². The lowest BCUT2D eigenvalue weighted by Gasteiger charge is -2.41. The third-order valence-corrected chi connectivity index (χ3v) is 7.62. The van der Waals surface area contributed by atoms with E-state index in [1.807, 2.05) is 0 Å². The van der Waals surface area contributed by atoms with Crippen molar-refractivity contribution >= 4 is 5.97 Å². The van der Waals surface area contributed by atoms with E-state index in [4.69, 9.17) is 14.2 Å². The third-order valence-electron chi connectivity index (χ3n) is 7.62. The van der Waals surface area contributed by atoms with Crippen molar-refractivity contribution < 1.29 is 19.0 Å². The summed E-state index contributed by atoms with van der Waals surface area (Å²) in [6, 6.07) is 0. The van der Waals surface area contributed by atoms with Gasteiger partial charge >= 0.3 is 5.97 Å². The lowest BCUT2D eigenvalue weighted by molar-refractivity contribution is -0.163. The zero-order valence-electron chi connectivity index (χ0n) is 17.2. The Bertz CT molecular complexity index is 680. The molecular formula is C24H34O4. The largest absolute Gasteiger partial charge is 0.462 e. The van der Waals surface area contributed by atoms with Crippen LogP contribution in [0.25, 0.3) is 0 Å². The van der Waals surface area contributed by atoms with Gasteiger partial charge in [-0.2, -0.15) is 0 Å². The first-order valence-corrected chi connectivity index (χ1v) is 11.4. The number of allylic oxidation sites excluding steroid dienone is 3. The lowest BCUT2D eigenvalue weighted by Crippen LogP contribution is -2.40. The second-order valence-electron chi connectivity index (χ2n) is 10.1. The minimum absolute atomic E-state index is 0.00832. The topological polar surface area (TPSA) is 44.8 Å². The fourth-order valence-electron chi connectivity index (χ4n) is 6.51. The monoisotopic (exact) mass is 386 g/mol. The van der Waals surface area contributed by atoms with Gasteiger partial charge in [0.05, 0.1) is 12.0 Å². The van der Waals surface area contributed by atoms with Crippen LogP contribution < -0.4 is 0 Å². The maximum Gasteiger partial charge on any atom is 0.312 e. The molecule has 4 heteroatoms. The summed E-state index contributed by atoms with van der Waals surface area (Å²) >= 11 is 0. The molecule has 4 bridgehead atoms. The summed E-state index contributed by atoms with van der Waals surface area (Å²) in [7, 11) is 0. The van der Waals surface area contributed by atoms with Gasteiger partial charge < -0.3 is 14.2 Å². The molecule has 1 saturated heterocycles. The Hall–Kier alpha value is -1.13. The predicted octanol–water partition coefficient (Wildman–Crippen LogP) is 4.93. The first-order valence-electron chi connectivity index (χ1n) is 11.4. The van der Waals surface area contributed by atoms with Crippen molar-refractivity contribution in [2.24, 2.45) is 23.2 Å². The number of esters is 1. The van der Waals surface area contributed by atoms with Crippen LogP contribution in [-0.2, 0) is 19.0 Å². The minimum Gasteiger partial charge on any atom is -0.462 e. The summed E-state index contributed by atoms with van der Waals surface area (Å²) in [5.41, 5.74) is 2.77. The van der Waals surface area contributed by atoms with Crippen LogP contribution in [0.5, 0.6) is 0 Å². The minimum atomic E-state index is -0.286. The van der Waals surface area contributed by atoms with Gasteiger partial charge in [-0.15, -0.1) is 0 Å². The molecule has 2 saturated carbocycles. The number of rotatable bonds is 4. The van der Waals surface area contributed by atoms with Gasteiger partial charge in [-0.05, 0) is 76.0 Å². The third kappa shape index (κ3) is 3.70. The quantitative estimate of drug-likeness (QED) is 0.507. The van der Waals surface area contributed by atoms with Gasteiger partial charge in [-0.3, -0.25) is 4.79 Å². The lowest BCUT2D eigenvalue weighted by atomic mass is 9.64. The van der Waals surface area contributed by atoms with Crippen LogP contribution >= 0.6 is 0 Å². The Morgan fingerprint density at radius 1 is 1.25 bits per heavy atom. The summed E-state index contributed by atoms with van der Waals surface area (Å²) in [6.07, 6.45) is 15.9. The van der Waals surface area contributed by atoms with E-state index in [9.17, 15) is 4.79 Å². The van der Waals surface area contributed by atoms with E-state index in [0.29, 0.717) is 25.0 Å². The van der Waals surface area contributed by atoms with Crippen LogP contribution in [-0.4, -0.2) is 31.6 Å². The SMILES string of the molecule is CC1C=C2CCCC(C(=O)OCC3COC(C4C=C5CCCC(C5)C4)O3)(C2)C1. The van der Waals surface area contributed by atoms with E-state index in [1.54, 1.807) is 5.57 Å². The highest BCUT2D eigenvalue weighted by Crippen LogP contribution is 2.49. The molecule has 0 N–H and O–H groups in total. The molecule has 28 heavy (non-hydrogen) atoms. The number of hydrogen-bond donors (Lipinski definition) is 0. The van der Waals surface area contributed by atoms with Gasteiger partial charge in [0.15, 0.2) is 6.29 Å². The molecule has 3 fully saturated rings. The highest BCUT2D eigenvalue weighted by molar-refractivity contribution is 5.78. The molecular weight excluding hydrogens is 352 g/mol. The summed E-state index contributed by atoms with van der Waals surface area (Å²) < 4.78 is 18.0. The molecule has 5 rings (SSSR count). The Morgan fingerprint density at radius 2 is 2.14 bits per heavy atom. The van der Waals surface area contributed by atoms with Crippen molar-refractivity contribution in [2.75, 3.05) is 13.2 Å². The molecule has 1 aliphatic heterocycles. The van der Waals surface area contributed by atoms with Crippen molar-refractivity contribution in [3.05, 3.63) is 23.3 Å². The van der Waals surface area contributed by atoms with Crippen molar-refractivity contribution in [1.29, 1.82) is 0 Å². The van der Waals surface area contributed by atoms with Crippen LogP contribution in [0.4, 0.5) is 0 Å². The Labute approximate surface area is 168 Å². The fraction of sp³-hybridized carbons (Fsp3) is 0.792. The molecule has 0 spiro atoms. The second kappa shape index (κ2) is 7.60. The average Bonchev–Trinajstić information content (AvgIpc) is 3.14. The van der Waals surface area contributed by atoms with E-state index in [1.165, 1.54) is 37.7 Å². The molecule has 0 amide bonds. The molecule has 0 aromatic carbocycles. The smallest absolute Gasteiger partial charge is 0.312 e. The van der Waals surface area contributed by atoms with E-state index in [2.05, 4.69) is 19.1 Å². The van der Waals surface area contributed by atoms with Crippen LogP contribution in [0.1, 0.15) is 71.1 Å². The number of carbonyl (C=O) groups excluding carboxylic acids is 1. The number of ether oxygens (including phenoxy) is 3. The molecule has 0 aromatic heterocycles. The Balaban J connectivity index is 1.15. The van der Waals surface area contributed by atoms with Crippen molar-refractivity contribution in [3.63, 3.8) is 0 Å². The Morgan fingerprint density at radius 3 is 3.04 bits per heavy atom. The van der Waals surface area contributed by atoms with Gasteiger partial charge in [0, 0.05) is 5.92 Å². The average molecular weight is 387 g/mol. The molecule has 0 radical (unpaired) electrons.